The summed E-state index contributed by atoms with van der Waals surface area (Å²) >= 11 is 5.33. The zero-order valence-electron chi connectivity index (χ0n) is 18.6. The summed E-state index contributed by atoms with van der Waals surface area (Å²) in [5.41, 5.74) is 5.30. The molecule has 1 saturated heterocycles. The summed E-state index contributed by atoms with van der Waals surface area (Å²) in [7, 11) is 0. The topological polar surface area (TPSA) is 43.9 Å². The third-order valence-electron chi connectivity index (χ3n) is 6.47. The van der Waals surface area contributed by atoms with Gasteiger partial charge in [0.25, 0.3) is 11.8 Å². The van der Waals surface area contributed by atoms with Crippen molar-refractivity contribution < 1.29 is 9.59 Å². The molecule has 0 bridgehead atoms. The molecular formula is C25H29N3O2S. The van der Waals surface area contributed by atoms with Crippen LogP contribution in [-0.2, 0) is 15.0 Å². The third kappa shape index (κ3) is 3.33. The Morgan fingerprint density at radius 2 is 1.71 bits per heavy atom. The number of carbonyl (C=O) groups is 2. The fourth-order valence-corrected chi connectivity index (χ4v) is 5.42. The van der Waals surface area contributed by atoms with Crippen LogP contribution in [0, 0.1) is 0 Å². The lowest BCUT2D eigenvalue weighted by Gasteiger charge is -2.35. The molecule has 5 nitrogen and oxygen atoms in total. The molecule has 4 rings (SSSR count). The molecule has 0 N–H and O–H groups in total. The first-order chi connectivity index (χ1) is 14.8. The fourth-order valence-electron chi connectivity index (χ4n) is 5.00. The van der Waals surface area contributed by atoms with Gasteiger partial charge in [0.05, 0.1) is 0 Å². The number of thiocarbonyl (C=S) groups is 1. The van der Waals surface area contributed by atoms with Gasteiger partial charge in [-0.1, -0.05) is 44.2 Å². The van der Waals surface area contributed by atoms with Crippen LogP contribution in [0.15, 0.2) is 59.3 Å². The molecule has 0 saturated carbocycles. The lowest BCUT2D eigenvalue weighted by Crippen LogP contribution is -2.55. The van der Waals surface area contributed by atoms with Crippen LogP contribution in [0.3, 0.4) is 0 Å². The first kappa shape index (κ1) is 21.5. The zero-order chi connectivity index (χ0) is 22.3. The van der Waals surface area contributed by atoms with E-state index in [0.29, 0.717) is 18.2 Å². The van der Waals surface area contributed by atoms with E-state index in [-0.39, 0.29) is 22.8 Å². The molecule has 3 aliphatic rings. The largest absolute Gasteiger partial charge is 0.344 e. The quantitative estimate of drug-likeness (QED) is 0.402. The van der Waals surface area contributed by atoms with Crippen LogP contribution in [0.2, 0.25) is 0 Å². The number of amides is 2. The fraction of sp³-hybridized carbons (Fsp3) is 0.400. The highest BCUT2D eigenvalue weighted by Crippen LogP contribution is 2.50. The van der Waals surface area contributed by atoms with Crippen LogP contribution in [0.4, 0.5) is 5.69 Å². The molecule has 0 aliphatic carbocycles. The van der Waals surface area contributed by atoms with Gasteiger partial charge in [0.2, 0.25) is 0 Å². The van der Waals surface area contributed by atoms with Crippen LogP contribution in [0.5, 0.6) is 0 Å². The highest BCUT2D eigenvalue weighted by Gasteiger charge is 2.42. The van der Waals surface area contributed by atoms with Gasteiger partial charge in [0.1, 0.15) is 5.57 Å². The van der Waals surface area contributed by atoms with E-state index in [1.54, 1.807) is 6.08 Å². The number of hydrogen-bond acceptors (Lipinski definition) is 4. The Labute approximate surface area is 189 Å². The molecule has 1 fully saturated rings. The Bertz CT molecular complexity index is 1020. The summed E-state index contributed by atoms with van der Waals surface area (Å²) in [6, 6.07) is 8.60. The van der Waals surface area contributed by atoms with Crippen LogP contribution in [0.25, 0.3) is 0 Å². The molecule has 0 unspecified atom stereocenters. The average Bonchev–Trinajstić information content (AvgIpc) is 2.99. The number of hydrogen-bond donors (Lipinski definition) is 0. The highest BCUT2D eigenvalue weighted by molar-refractivity contribution is 7.80. The molecule has 3 aliphatic heterocycles. The Morgan fingerprint density at radius 1 is 1.06 bits per heavy atom. The van der Waals surface area contributed by atoms with Crippen LogP contribution >= 0.6 is 12.2 Å². The van der Waals surface area contributed by atoms with Gasteiger partial charge in [-0.2, -0.15) is 0 Å². The Balaban J connectivity index is 1.70. The van der Waals surface area contributed by atoms with Crippen molar-refractivity contribution in [1.29, 1.82) is 0 Å². The Morgan fingerprint density at radius 3 is 2.35 bits per heavy atom. The minimum Gasteiger partial charge on any atom is -0.344 e. The monoisotopic (exact) mass is 435 g/mol. The van der Waals surface area contributed by atoms with E-state index in [2.05, 4.69) is 49.1 Å². The number of benzene rings is 1. The molecule has 1 aromatic rings. The van der Waals surface area contributed by atoms with E-state index in [1.165, 1.54) is 32.3 Å². The number of likely N-dealkylation sites (N-methyl/N-ethyl adjacent to an activating group) is 2. The molecule has 3 heterocycles. The smallest absolute Gasteiger partial charge is 0.265 e. The molecule has 0 spiro atoms. The zero-order valence-corrected chi connectivity index (χ0v) is 19.5. The van der Waals surface area contributed by atoms with Crippen molar-refractivity contribution in [2.24, 2.45) is 0 Å². The number of anilines is 1. The molecule has 0 aromatic heterocycles. The van der Waals surface area contributed by atoms with Crippen LogP contribution < -0.4 is 4.90 Å². The molecule has 6 heteroatoms. The normalized spacial score (nSPS) is 20.7. The maximum atomic E-state index is 12.8. The first-order valence-corrected chi connectivity index (χ1v) is 11.4. The second kappa shape index (κ2) is 8.08. The lowest BCUT2D eigenvalue weighted by molar-refractivity contribution is -0.133. The summed E-state index contributed by atoms with van der Waals surface area (Å²) in [5.74, 6) is -0.633. The van der Waals surface area contributed by atoms with Crippen molar-refractivity contribution in [3.8, 4) is 0 Å². The SMILES string of the molecule is CCN1C(=O)C(=C/C=C/C2=C3N(CCC2)c2ccccc2C3(C)C)C(=O)N(CC)C1=S. The van der Waals surface area contributed by atoms with Crippen LogP contribution in [-0.4, -0.2) is 46.4 Å². The van der Waals surface area contributed by atoms with Gasteiger partial charge in [-0.05, 0) is 62.2 Å². The Hall–Kier alpha value is -2.73. The second-order valence-corrected chi connectivity index (χ2v) is 8.96. The molecule has 0 radical (unpaired) electrons. The summed E-state index contributed by atoms with van der Waals surface area (Å²) < 4.78 is 0. The molecule has 1 aromatic carbocycles. The predicted octanol–water partition coefficient (Wildman–Crippen LogP) is 4.31. The van der Waals surface area contributed by atoms with Gasteiger partial charge >= 0.3 is 0 Å². The van der Waals surface area contributed by atoms with Gasteiger partial charge in [-0.3, -0.25) is 19.4 Å². The molecule has 162 valence electrons. The lowest BCUT2D eigenvalue weighted by atomic mass is 9.80. The van der Waals surface area contributed by atoms with Crippen molar-refractivity contribution in [3.05, 3.63) is 64.9 Å². The van der Waals surface area contributed by atoms with Gasteiger partial charge in [0.15, 0.2) is 5.11 Å². The first-order valence-electron chi connectivity index (χ1n) is 11.0. The summed E-state index contributed by atoms with van der Waals surface area (Å²) in [4.78, 5) is 31.1. The standard InChI is InChI=1S/C25H29N3O2S/c1-5-26-22(29)18(23(30)27(6-2)24(26)31)13-9-11-17-12-10-16-28-20-15-8-7-14-19(20)25(3,4)21(17)28/h7-9,11,13-15H,5-6,10,12,16H2,1-4H3/b11-9+. The van der Waals surface area contributed by atoms with Crippen molar-refractivity contribution in [2.75, 3.05) is 24.5 Å². The van der Waals surface area contributed by atoms with E-state index >= 15 is 0 Å². The summed E-state index contributed by atoms with van der Waals surface area (Å²) in [6.45, 7) is 10.2. The Kier molecular flexibility index (Phi) is 5.60. The van der Waals surface area contributed by atoms with E-state index < -0.39 is 0 Å². The van der Waals surface area contributed by atoms with Crippen molar-refractivity contribution >= 4 is 34.8 Å². The van der Waals surface area contributed by atoms with E-state index in [1.807, 2.05) is 19.9 Å². The predicted molar refractivity (Wildman–Crippen MR) is 128 cm³/mol. The van der Waals surface area contributed by atoms with Gasteiger partial charge < -0.3 is 4.90 Å². The van der Waals surface area contributed by atoms with Crippen molar-refractivity contribution in [1.82, 2.24) is 9.80 Å². The summed E-state index contributed by atoms with van der Waals surface area (Å²) in [5, 5.41) is 0.291. The van der Waals surface area contributed by atoms with Gasteiger partial charge in [-0.25, -0.2) is 0 Å². The molecular weight excluding hydrogens is 406 g/mol. The molecule has 0 atom stereocenters. The number of fused-ring (bicyclic) bond motifs is 3. The van der Waals surface area contributed by atoms with E-state index in [4.69, 9.17) is 12.2 Å². The number of para-hydroxylation sites is 1. The maximum absolute atomic E-state index is 12.8. The van der Waals surface area contributed by atoms with Gasteiger partial charge in [-0.15, -0.1) is 0 Å². The van der Waals surface area contributed by atoms with Crippen molar-refractivity contribution in [2.45, 2.75) is 46.0 Å². The summed E-state index contributed by atoms with van der Waals surface area (Å²) in [6.07, 6.45) is 7.63. The number of carbonyl (C=O) groups excluding carboxylic acids is 2. The van der Waals surface area contributed by atoms with E-state index in [9.17, 15) is 9.59 Å². The number of nitrogens with zero attached hydrogens (tertiary/aromatic N) is 3. The van der Waals surface area contributed by atoms with Crippen molar-refractivity contribution in [3.63, 3.8) is 0 Å². The average molecular weight is 436 g/mol. The maximum Gasteiger partial charge on any atom is 0.265 e. The molecule has 2 amide bonds. The van der Waals surface area contributed by atoms with Gasteiger partial charge in [0, 0.05) is 36.4 Å². The number of rotatable bonds is 4. The minimum atomic E-state index is -0.316. The number of allylic oxidation sites excluding steroid dienone is 5. The van der Waals surface area contributed by atoms with E-state index in [0.717, 1.165) is 19.4 Å². The molecule has 31 heavy (non-hydrogen) atoms. The highest BCUT2D eigenvalue weighted by atomic mass is 32.1. The minimum absolute atomic E-state index is 0.0789. The third-order valence-corrected chi connectivity index (χ3v) is 6.91. The second-order valence-electron chi connectivity index (χ2n) is 8.59. The van der Waals surface area contributed by atoms with Crippen LogP contribution in [0.1, 0.15) is 46.1 Å².